The fraction of sp³-hybridized carbons (Fsp3) is 0.875. The Bertz CT molecular complexity index is 145. The van der Waals surface area contributed by atoms with Gasteiger partial charge in [-0.2, -0.15) is 0 Å². The summed E-state index contributed by atoms with van der Waals surface area (Å²) in [4.78, 5) is 10.0. The smallest absolute Gasteiger partial charge is 0.110 e. The van der Waals surface area contributed by atoms with E-state index in [4.69, 9.17) is 0 Å². The van der Waals surface area contributed by atoms with Gasteiger partial charge in [-0.05, 0) is 27.4 Å². The first-order chi connectivity index (χ1) is 5.18. The van der Waals surface area contributed by atoms with E-state index in [9.17, 15) is 0 Å². The van der Waals surface area contributed by atoms with Crippen LogP contribution >= 0.6 is 0 Å². The molecule has 0 spiro atoms. The van der Waals surface area contributed by atoms with E-state index in [1.165, 1.54) is 0 Å². The lowest BCUT2D eigenvalue weighted by Gasteiger charge is -2.12. The van der Waals surface area contributed by atoms with Crippen LogP contribution in [0.25, 0.3) is 0 Å². The molecule has 0 amide bonds. The van der Waals surface area contributed by atoms with Crippen molar-refractivity contribution in [1.29, 1.82) is 0 Å². The lowest BCUT2D eigenvalue weighted by Crippen LogP contribution is -2.21. The Kier molecular flexibility index (Phi) is 5.71. The second-order valence-corrected chi connectivity index (χ2v) is 2.71. The SMILES string of the molecule is CCCN=C=NC(C)N(C)C. The molecule has 0 aromatic rings. The Morgan fingerprint density at radius 1 is 1.45 bits per heavy atom. The summed E-state index contributed by atoms with van der Waals surface area (Å²) in [5, 5.41) is 0. The quantitative estimate of drug-likeness (QED) is 0.565. The van der Waals surface area contributed by atoms with E-state index in [0.717, 1.165) is 13.0 Å². The molecule has 0 aliphatic rings. The molecule has 1 unspecified atom stereocenters. The molecule has 0 aromatic heterocycles. The van der Waals surface area contributed by atoms with Gasteiger partial charge in [0.15, 0.2) is 0 Å². The van der Waals surface area contributed by atoms with Gasteiger partial charge in [-0.15, -0.1) is 0 Å². The molecule has 0 fully saturated rings. The van der Waals surface area contributed by atoms with E-state index in [-0.39, 0.29) is 6.17 Å². The molecular formula is C8H17N3. The third kappa shape index (κ3) is 5.77. The zero-order chi connectivity index (χ0) is 8.69. The number of hydrogen-bond donors (Lipinski definition) is 0. The number of hydrogen-bond acceptors (Lipinski definition) is 3. The molecule has 0 rings (SSSR count). The van der Waals surface area contributed by atoms with Gasteiger partial charge in [-0.25, -0.2) is 9.98 Å². The van der Waals surface area contributed by atoms with Crippen LogP contribution in [0.4, 0.5) is 0 Å². The van der Waals surface area contributed by atoms with E-state index < -0.39 is 0 Å². The number of rotatable bonds is 4. The van der Waals surface area contributed by atoms with Crippen molar-refractivity contribution in [3.05, 3.63) is 0 Å². The summed E-state index contributed by atoms with van der Waals surface area (Å²) in [5.41, 5.74) is 0. The van der Waals surface area contributed by atoms with Crippen LogP contribution in [-0.4, -0.2) is 37.7 Å². The van der Waals surface area contributed by atoms with Crippen LogP contribution in [-0.2, 0) is 0 Å². The van der Waals surface area contributed by atoms with Crippen molar-refractivity contribution in [2.24, 2.45) is 9.98 Å². The third-order valence-electron chi connectivity index (χ3n) is 1.40. The van der Waals surface area contributed by atoms with Gasteiger partial charge in [0, 0.05) is 6.54 Å². The van der Waals surface area contributed by atoms with Crippen molar-refractivity contribution in [3.63, 3.8) is 0 Å². The molecule has 1 atom stereocenters. The lowest BCUT2D eigenvalue weighted by atomic mass is 10.5. The summed E-state index contributed by atoms with van der Waals surface area (Å²) in [5.74, 6) is 0. The van der Waals surface area contributed by atoms with Crippen LogP contribution in [0.3, 0.4) is 0 Å². The van der Waals surface area contributed by atoms with Crippen molar-refractivity contribution in [2.75, 3.05) is 20.6 Å². The van der Waals surface area contributed by atoms with Gasteiger partial charge in [-0.1, -0.05) is 6.92 Å². The maximum absolute atomic E-state index is 4.07. The molecular weight excluding hydrogens is 138 g/mol. The molecule has 0 saturated carbocycles. The van der Waals surface area contributed by atoms with E-state index in [0.29, 0.717) is 0 Å². The van der Waals surface area contributed by atoms with E-state index in [2.05, 4.69) is 22.9 Å². The topological polar surface area (TPSA) is 28.0 Å². The zero-order valence-corrected chi connectivity index (χ0v) is 7.83. The molecule has 0 radical (unpaired) electrons. The van der Waals surface area contributed by atoms with Crippen molar-refractivity contribution in [3.8, 4) is 0 Å². The second kappa shape index (κ2) is 6.08. The average Bonchev–Trinajstić information content (AvgIpc) is 1.97. The summed E-state index contributed by atoms with van der Waals surface area (Å²) in [7, 11) is 3.96. The lowest BCUT2D eigenvalue weighted by molar-refractivity contribution is 0.325. The van der Waals surface area contributed by atoms with E-state index >= 15 is 0 Å². The van der Waals surface area contributed by atoms with Crippen LogP contribution in [0.5, 0.6) is 0 Å². The predicted octanol–water partition coefficient (Wildman–Crippen LogP) is 1.48. The Morgan fingerprint density at radius 2 is 2.09 bits per heavy atom. The molecule has 0 aliphatic carbocycles. The minimum absolute atomic E-state index is 0.176. The Labute approximate surface area is 68.8 Å². The van der Waals surface area contributed by atoms with Gasteiger partial charge in [0.1, 0.15) is 6.17 Å². The van der Waals surface area contributed by atoms with Gasteiger partial charge in [0.2, 0.25) is 0 Å². The Balaban J connectivity index is 3.72. The van der Waals surface area contributed by atoms with Crippen LogP contribution in [0.2, 0.25) is 0 Å². The highest BCUT2D eigenvalue weighted by Gasteiger charge is 1.97. The summed E-state index contributed by atoms with van der Waals surface area (Å²) >= 11 is 0. The number of nitrogens with zero attached hydrogens (tertiary/aromatic N) is 3. The van der Waals surface area contributed by atoms with Gasteiger partial charge in [0.25, 0.3) is 0 Å². The fourth-order valence-electron chi connectivity index (χ4n) is 0.402. The second-order valence-electron chi connectivity index (χ2n) is 2.71. The van der Waals surface area contributed by atoms with Gasteiger partial charge < -0.3 is 0 Å². The first kappa shape index (κ1) is 10.3. The van der Waals surface area contributed by atoms with Crippen molar-refractivity contribution in [1.82, 2.24) is 4.90 Å². The van der Waals surface area contributed by atoms with Gasteiger partial charge in [-0.3, -0.25) is 4.90 Å². The highest BCUT2D eigenvalue weighted by atomic mass is 15.2. The molecule has 3 heteroatoms. The summed E-state index contributed by atoms with van der Waals surface area (Å²) in [6.07, 6.45) is 1.23. The Morgan fingerprint density at radius 3 is 2.55 bits per heavy atom. The molecule has 0 saturated heterocycles. The highest BCUT2D eigenvalue weighted by Crippen LogP contribution is 1.89. The monoisotopic (exact) mass is 155 g/mol. The van der Waals surface area contributed by atoms with Crippen LogP contribution in [0.1, 0.15) is 20.3 Å². The fourth-order valence-corrected chi connectivity index (χ4v) is 0.402. The van der Waals surface area contributed by atoms with Crippen LogP contribution in [0.15, 0.2) is 9.98 Å². The standard InChI is InChI=1S/C8H17N3/c1-5-6-9-7-10-8(2)11(3)4/h8H,5-6H2,1-4H3. The molecule has 0 N–H and O–H groups in total. The van der Waals surface area contributed by atoms with Crippen molar-refractivity contribution < 1.29 is 0 Å². The molecule has 0 aliphatic heterocycles. The number of aliphatic imine (C=N–C) groups is 2. The zero-order valence-electron chi connectivity index (χ0n) is 7.83. The Hall–Kier alpha value is -0.660. The molecule has 11 heavy (non-hydrogen) atoms. The highest BCUT2D eigenvalue weighted by molar-refractivity contribution is 5.41. The van der Waals surface area contributed by atoms with Crippen LogP contribution in [0, 0.1) is 0 Å². The van der Waals surface area contributed by atoms with Gasteiger partial charge in [0.05, 0.1) is 6.01 Å². The maximum atomic E-state index is 4.07. The van der Waals surface area contributed by atoms with Gasteiger partial charge >= 0.3 is 0 Å². The largest absolute Gasteiger partial charge is 0.288 e. The van der Waals surface area contributed by atoms with Crippen molar-refractivity contribution >= 4 is 6.01 Å². The third-order valence-corrected chi connectivity index (χ3v) is 1.40. The van der Waals surface area contributed by atoms with E-state index in [1.54, 1.807) is 0 Å². The first-order valence-electron chi connectivity index (χ1n) is 3.96. The summed E-state index contributed by atoms with van der Waals surface area (Å²) < 4.78 is 0. The molecule has 64 valence electrons. The van der Waals surface area contributed by atoms with E-state index in [1.807, 2.05) is 25.9 Å². The van der Waals surface area contributed by atoms with Crippen molar-refractivity contribution in [2.45, 2.75) is 26.4 Å². The maximum Gasteiger partial charge on any atom is 0.110 e. The normalized spacial score (nSPS) is 12.5. The molecule has 3 nitrogen and oxygen atoms in total. The molecule has 0 heterocycles. The molecule has 0 bridgehead atoms. The minimum atomic E-state index is 0.176. The predicted molar refractivity (Wildman–Crippen MR) is 48.2 cm³/mol. The minimum Gasteiger partial charge on any atom is -0.288 e. The van der Waals surface area contributed by atoms with Crippen LogP contribution < -0.4 is 0 Å². The molecule has 0 aromatic carbocycles. The first-order valence-corrected chi connectivity index (χ1v) is 3.96. The summed E-state index contributed by atoms with van der Waals surface area (Å²) in [6.45, 7) is 4.92. The summed E-state index contributed by atoms with van der Waals surface area (Å²) in [6, 6.07) is 2.68. The average molecular weight is 155 g/mol.